The number of amidine groups is 1. The van der Waals surface area contributed by atoms with E-state index in [2.05, 4.69) is 4.99 Å². The van der Waals surface area contributed by atoms with Crippen LogP contribution in [0.15, 0.2) is 46.3 Å². The van der Waals surface area contributed by atoms with Crippen molar-refractivity contribution in [1.82, 2.24) is 4.90 Å². The van der Waals surface area contributed by atoms with Crippen LogP contribution in [-0.4, -0.2) is 49.8 Å². The Morgan fingerprint density at radius 3 is 2.19 bits per heavy atom. The third kappa shape index (κ3) is 4.66. The maximum atomic E-state index is 12.9. The SMILES string of the molecule is CCN1C(=O)/C(=C/c2cc(OC)c(OC)c(OC)c2)SC1=Nc1ccc(C(=O)[O-])cc1. The number of carbonyl (C=O) groups is 2. The van der Waals surface area contributed by atoms with Crippen molar-refractivity contribution >= 4 is 40.6 Å². The summed E-state index contributed by atoms with van der Waals surface area (Å²) < 4.78 is 16.1. The minimum atomic E-state index is -1.25. The van der Waals surface area contributed by atoms with Crippen molar-refractivity contribution in [3.05, 3.63) is 52.4 Å². The summed E-state index contributed by atoms with van der Waals surface area (Å²) in [7, 11) is 4.58. The number of aromatic carboxylic acids is 1. The second-order valence-electron chi connectivity index (χ2n) is 6.35. The van der Waals surface area contributed by atoms with E-state index >= 15 is 0 Å². The summed E-state index contributed by atoms with van der Waals surface area (Å²) in [5, 5.41) is 11.4. The molecule has 1 saturated heterocycles. The molecule has 1 fully saturated rings. The highest BCUT2D eigenvalue weighted by Crippen LogP contribution is 2.40. The molecular weight excluding hydrogens is 420 g/mol. The molecule has 1 aliphatic heterocycles. The lowest BCUT2D eigenvalue weighted by molar-refractivity contribution is -0.255. The number of methoxy groups -OCH3 is 3. The second-order valence-corrected chi connectivity index (χ2v) is 7.36. The highest BCUT2D eigenvalue weighted by Gasteiger charge is 2.32. The number of thioether (sulfide) groups is 1. The number of hydrogen-bond donors (Lipinski definition) is 0. The molecule has 1 aliphatic rings. The number of benzene rings is 2. The predicted octanol–water partition coefficient (Wildman–Crippen LogP) is 2.70. The Balaban J connectivity index is 1.96. The molecule has 1 heterocycles. The molecule has 0 saturated carbocycles. The Hall–Kier alpha value is -3.46. The van der Waals surface area contributed by atoms with Gasteiger partial charge in [-0.2, -0.15) is 0 Å². The molecule has 0 radical (unpaired) electrons. The van der Waals surface area contributed by atoms with Crippen LogP contribution < -0.4 is 19.3 Å². The van der Waals surface area contributed by atoms with Gasteiger partial charge in [-0.05, 0) is 60.2 Å². The minimum Gasteiger partial charge on any atom is -0.545 e. The number of likely N-dealkylation sites (N-methyl/N-ethyl adjacent to an activating group) is 1. The number of nitrogens with zero attached hydrogens (tertiary/aromatic N) is 2. The Morgan fingerprint density at radius 1 is 1.10 bits per heavy atom. The van der Waals surface area contributed by atoms with E-state index in [-0.39, 0.29) is 11.5 Å². The number of amides is 1. The number of carbonyl (C=O) groups excluding carboxylic acids is 2. The fourth-order valence-electron chi connectivity index (χ4n) is 2.99. The molecule has 8 nitrogen and oxygen atoms in total. The van der Waals surface area contributed by atoms with Crippen LogP contribution in [0.3, 0.4) is 0 Å². The summed E-state index contributed by atoms with van der Waals surface area (Å²) in [6, 6.07) is 9.48. The molecule has 1 amide bonds. The summed E-state index contributed by atoms with van der Waals surface area (Å²) >= 11 is 1.23. The molecule has 0 spiro atoms. The predicted molar refractivity (Wildman–Crippen MR) is 117 cm³/mol. The maximum absolute atomic E-state index is 12.9. The molecule has 2 aromatic carbocycles. The van der Waals surface area contributed by atoms with Gasteiger partial charge in [-0.3, -0.25) is 9.69 Å². The van der Waals surface area contributed by atoms with Gasteiger partial charge in [-0.1, -0.05) is 12.1 Å². The van der Waals surface area contributed by atoms with Crippen molar-refractivity contribution in [1.29, 1.82) is 0 Å². The molecule has 162 valence electrons. The standard InChI is InChI=1S/C22H22N2O6S/c1-5-24-20(25)18(12-13-10-16(28-2)19(30-4)17(11-13)29-3)31-22(24)23-15-8-6-14(7-9-15)21(26)27/h6-12H,5H2,1-4H3,(H,26,27)/p-1/b18-12-,23-22?. The van der Waals surface area contributed by atoms with E-state index in [0.29, 0.717) is 45.1 Å². The molecule has 0 atom stereocenters. The van der Waals surface area contributed by atoms with Crippen LogP contribution >= 0.6 is 11.8 Å². The van der Waals surface area contributed by atoms with Crippen molar-refractivity contribution in [2.75, 3.05) is 27.9 Å². The molecule has 31 heavy (non-hydrogen) atoms. The molecule has 3 rings (SSSR count). The normalized spacial score (nSPS) is 16.1. The average Bonchev–Trinajstić information content (AvgIpc) is 3.06. The summed E-state index contributed by atoms with van der Waals surface area (Å²) in [4.78, 5) is 30.4. The Kier molecular flexibility index (Phi) is 6.86. The van der Waals surface area contributed by atoms with Gasteiger partial charge < -0.3 is 24.1 Å². The zero-order valence-corrected chi connectivity index (χ0v) is 18.3. The number of hydrogen-bond acceptors (Lipinski definition) is 8. The fraction of sp³-hybridized carbons (Fsp3) is 0.227. The van der Waals surface area contributed by atoms with E-state index in [1.54, 1.807) is 35.2 Å². The quantitative estimate of drug-likeness (QED) is 0.609. The van der Waals surface area contributed by atoms with Gasteiger partial charge in [0.15, 0.2) is 16.7 Å². The maximum Gasteiger partial charge on any atom is 0.266 e. The van der Waals surface area contributed by atoms with Crippen LogP contribution in [0.5, 0.6) is 17.2 Å². The summed E-state index contributed by atoms with van der Waals surface area (Å²) in [6.07, 6.45) is 1.74. The zero-order chi connectivity index (χ0) is 22.5. The van der Waals surface area contributed by atoms with Crippen LogP contribution in [0.2, 0.25) is 0 Å². The van der Waals surface area contributed by atoms with E-state index in [1.807, 2.05) is 6.92 Å². The Bertz CT molecular complexity index is 1040. The number of ether oxygens (including phenoxy) is 3. The Labute approximate surface area is 184 Å². The summed E-state index contributed by atoms with van der Waals surface area (Å²) in [5.74, 6) is 0.00789. The van der Waals surface area contributed by atoms with Crippen LogP contribution in [0, 0.1) is 0 Å². The van der Waals surface area contributed by atoms with E-state index in [9.17, 15) is 14.7 Å². The van der Waals surface area contributed by atoms with E-state index in [0.717, 1.165) is 0 Å². The monoisotopic (exact) mass is 441 g/mol. The van der Waals surface area contributed by atoms with Gasteiger partial charge in [0.05, 0.1) is 37.9 Å². The smallest absolute Gasteiger partial charge is 0.266 e. The largest absolute Gasteiger partial charge is 0.545 e. The molecule has 0 unspecified atom stereocenters. The van der Waals surface area contributed by atoms with E-state index in [4.69, 9.17) is 14.2 Å². The highest BCUT2D eigenvalue weighted by atomic mass is 32.2. The van der Waals surface area contributed by atoms with Crippen LogP contribution in [0.4, 0.5) is 5.69 Å². The van der Waals surface area contributed by atoms with Crippen LogP contribution in [0.25, 0.3) is 6.08 Å². The first-order valence-electron chi connectivity index (χ1n) is 9.33. The first-order chi connectivity index (χ1) is 14.9. The Morgan fingerprint density at radius 2 is 1.71 bits per heavy atom. The topological polar surface area (TPSA) is 100 Å². The van der Waals surface area contributed by atoms with Crippen molar-refractivity contribution < 1.29 is 28.9 Å². The number of aliphatic imine (C=N–C) groups is 1. The van der Waals surface area contributed by atoms with Crippen molar-refractivity contribution in [2.24, 2.45) is 4.99 Å². The lowest BCUT2D eigenvalue weighted by Crippen LogP contribution is -2.28. The highest BCUT2D eigenvalue weighted by molar-refractivity contribution is 8.18. The summed E-state index contributed by atoms with van der Waals surface area (Å²) in [5.41, 5.74) is 1.31. The van der Waals surface area contributed by atoms with Gasteiger partial charge in [0.25, 0.3) is 5.91 Å². The molecule has 0 aromatic heterocycles. The minimum absolute atomic E-state index is 0.0643. The second kappa shape index (κ2) is 9.57. The first kappa shape index (κ1) is 22.2. The number of carboxylic acid groups (broad SMARTS) is 1. The van der Waals surface area contributed by atoms with Crippen molar-refractivity contribution in [3.63, 3.8) is 0 Å². The van der Waals surface area contributed by atoms with Gasteiger partial charge in [-0.25, -0.2) is 4.99 Å². The molecule has 2 aromatic rings. The lowest BCUT2D eigenvalue weighted by atomic mass is 10.1. The molecular formula is C22H21N2O6S-. The number of carboxylic acids is 1. The zero-order valence-electron chi connectivity index (χ0n) is 17.5. The third-order valence-electron chi connectivity index (χ3n) is 4.52. The average molecular weight is 441 g/mol. The molecule has 9 heteroatoms. The summed E-state index contributed by atoms with van der Waals surface area (Å²) in [6.45, 7) is 2.30. The van der Waals surface area contributed by atoms with Crippen LogP contribution in [0.1, 0.15) is 22.8 Å². The fourth-order valence-corrected chi connectivity index (χ4v) is 4.05. The third-order valence-corrected chi connectivity index (χ3v) is 5.52. The van der Waals surface area contributed by atoms with Crippen LogP contribution in [-0.2, 0) is 4.79 Å². The van der Waals surface area contributed by atoms with Gasteiger partial charge in [0, 0.05) is 6.54 Å². The molecule has 0 N–H and O–H groups in total. The molecule has 0 aliphatic carbocycles. The van der Waals surface area contributed by atoms with Gasteiger partial charge in [-0.15, -0.1) is 0 Å². The van der Waals surface area contributed by atoms with Crippen molar-refractivity contribution in [2.45, 2.75) is 6.92 Å². The van der Waals surface area contributed by atoms with E-state index in [1.165, 1.54) is 45.2 Å². The number of rotatable bonds is 7. The molecule has 0 bridgehead atoms. The lowest BCUT2D eigenvalue weighted by Gasteiger charge is -2.13. The van der Waals surface area contributed by atoms with Gasteiger partial charge in [0.2, 0.25) is 5.75 Å². The van der Waals surface area contributed by atoms with Crippen molar-refractivity contribution in [3.8, 4) is 17.2 Å². The van der Waals surface area contributed by atoms with E-state index < -0.39 is 5.97 Å². The van der Waals surface area contributed by atoms with Gasteiger partial charge in [0.1, 0.15) is 0 Å². The van der Waals surface area contributed by atoms with Gasteiger partial charge >= 0.3 is 0 Å². The first-order valence-corrected chi connectivity index (χ1v) is 10.1.